The molecule has 11 nitrogen and oxygen atoms in total. The Bertz CT molecular complexity index is 1650. The molecule has 0 fully saturated rings. The van der Waals surface area contributed by atoms with Crippen molar-refractivity contribution in [2.75, 3.05) is 45.8 Å². The van der Waals surface area contributed by atoms with Crippen LogP contribution in [0.15, 0.2) is 59.5 Å². The fourth-order valence-electron chi connectivity index (χ4n) is 4.87. The molecule has 3 rings (SSSR count). The third kappa shape index (κ3) is 9.15. The smallest absolute Gasteiger partial charge is 0.265 e. The molecule has 1 N–H and O–H groups in total. The second kappa shape index (κ2) is 17.3. The van der Waals surface area contributed by atoms with Crippen LogP contribution in [0.4, 0.5) is 5.69 Å². The maximum Gasteiger partial charge on any atom is 0.265 e. The largest absolute Gasteiger partial charge is 0.497 e. The highest BCUT2D eigenvalue weighted by Gasteiger charge is 2.35. The molecular weight excluding hydrogens is 669 g/mol. The molecule has 0 aliphatic carbocycles. The molecular formula is C33H41Cl2N3O8S. The van der Waals surface area contributed by atoms with Gasteiger partial charge in [-0.2, -0.15) is 0 Å². The summed E-state index contributed by atoms with van der Waals surface area (Å²) in [5.74, 6) is -0.0492. The summed E-state index contributed by atoms with van der Waals surface area (Å²) in [5, 5.41) is 3.59. The summed E-state index contributed by atoms with van der Waals surface area (Å²) in [6.07, 6.45) is 1.87. The van der Waals surface area contributed by atoms with Gasteiger partial charge in [0.05, 0.1) is 39.0 Å². The van der Waals surface area contributed by atoms with Crippen LogP contribution in [-0.2, 0) is 26.2 Å². The molecule has 0 spiro atoms. The van der Waals surface area contributed by atoms with Crippen molar-refractivity contribution in [1.82, 2.24) is 10.2 Å². The Balaban J connectivity index is 2.20. The molecule has 0 saturated carbocycles. The number of methoxy groups -OCH3 is 4. The van der Waals surface area contributed by atoms with E-state index in [4.69, 9.17) is 42.1 Å². The van der Waals surface area contributed by atoms with E-state index in [1.54, 1.807) is 25.1 Å². The molecule has 1 atom stereocenters. The zero-order valence-electron chi connectivity index (χ0n) is 27.3. The molecule has 47 heavy (non-hydrogen) atoms. The molecule has 0 aromatic heterocycles. The molecule has 256 valence electrons. The second-order valence-corrected chi connectivity index (χ2v) is 13.1. The molecule has 0 heterocycles. The van der Waals surface area contributed by atoms with Crippen molar-refractivity contribution in [2.45, 2.75) is 50.6 Å². The van der Waals surface area contributed by atoms with Gasteiger partial charge in [0.2, 0.25) is 11.8 Å². The molecule has 2 amide bonds. The second-order valence-electron chi connectivity index (χ2n) is 10.4. The van der Waals surface area contributed by atoms with E-state index < -0.39 is 28.5 Å². The quantitative estimate of drug-likeness (QED) is 0.171. The van der Waals surface area contributed by atoms with Crippen LogP contribution in [0.3, 0.4) is 0 Å². The van der Waals surface area contributed by atoms with Crippen LogP contribution >= 0.6 is 23.2 Å². The van der Waals surface area contributed by atoms with Gasteiger partial charge in [0.1, 0.15) is 24.1 Å². The first-order chi connectivity index (χ1) is 22.4. The minimum Gasteiger partial charge on any atom is -0.497 e. The summed E-state index contributed by atoms with van der Waals surface area (Å²) >= 11 is 12.6. The van der Waals surface area contributed by atoms with Gasteiger partial charge in [-0.1, -0.05) is 49.5 Å². The molecule has 0 saturated heterocycles. The molecule has 0 aliphatic rings. The number of rotatable bonds is 17. The Hall–Kier alpha value is -3.87. The van der Waals surface area contributed by atoms with Crippen molar-refractivity contribution in [3.63, 3.8) is 0 Å². The lowest BCUT2D eigenvalue weighted by Gasteiger charge is -2.33. The number of nitrogens with one attached hydrogen (secondary N) is 1. The van der Waals surface area contributed by atoms with Gasteiger partial charge in [-0.15, -0.1) is 0 Å². The summed E-state index contributed by atoms with van der Waals surface area (Å²) in [6, 6.07) is 12.6. The molecule has 3 aromatic rings. The highest BCUT2D eigenvalue weighted by atomic mass is 35.5. The van der Waals surface area contributed by atoms with Gasteiger partial charge in [0, 0.05) is 35.3 Å². The van der Waals surface area contributed by atoms with Crippen molar-refractivity contribution in [3.05, 3.63) is 70.2 Å². The zero-order chi connectivity index (χ0) is 34.7. The van der Waals surface area contributed by atoms with Crippen LogP contribution in [0.25, 0.3) is 0 Å². The molecule has 0 aliphatic heterocycles. The van der Waals surface area contributed by atoms with E-state index in [-0.39, 0.29) is 41.0 Å². The number of carbonyl (C=O) groups is 2. The first-order valence-electron chi connectivity index (χ1n) is 14.9. The number of ether oxygens (including phenoxy) is 4. The minimum atomic E-state index is -4.48. The first kappa shape index (κ1) is 37.6. The number of sulfonamides is 1. The SMILES string of the molecule is CCCCNC(=O)[C@H](CC)N(Cc1ccc(Cl)cc1Cl)C(=O)CN(c1cc(OC)ccc1OC)S(=O)(=O)c1ccc(OC)c(OC)c1. The Morgan fingerprint density at radius 2 is 1.53 bits per heavy atom. The number of amides is 2. The first-order valence-corrected chi connectivity index (χ1v) is 17.1. The summed E-state index contributed by atoms with van der Waals surface area (Å²) in [4.78, 5) is 29.1. The lowest BCUT2D eigenvalue weighted by molar-refractivity contribution is -0.140. The standard InChI is InChI=1S/C33H41Cl2N3O8S/c1-7-9-16-36-33(40)27(8-2)37(20-22-10-11-23(34)17-26(22)35)32(39)21-38(28-18-24(43-3)12-14-29(28)44-4)47(41,42)25-13-15-30(45-5)31(19-25)46-6/h10-15,17-19,27H,7-9,16,20-21H2,1-6H3,(H,36,40)/t27-/m0/s1. The van der Waals surface area contributed by atoms with Crippen molar-refractivity contribution in [3.8, 4) is 23.0 Å². The van der Waals surface area contributed by atoms with Crippen molar-refractivity contribution in [1.29, 1.82) is 0 Å². The van der Waals surface area contributed by atoms with Gasteiger partial charge in [0.15, 0.2) is 11.5 Å². The minimum absolute atomic E-state index is 0.0416. The van der Waals surface area contributed by atoms with Gasteiger partial charge in [-0.25, -0.2) is 8.42 Å². The number of hydrogen-bond acceptors (Lipinski definition) is 8. The van der Waals surface area contributed by atoms with Crippen molar-refractivity contribution in [2.24, 2.45) is 0 Å². The van der Waals surface area contributed by atoms with Gasteiger partial charge < -0.3 is 29.2 Å². The van der Waals surface area contributed by atoms with Crippen LogP contribution in [0.5, 0.6) is 23.0 Å². The Labute approximate surface area is 286 Å². The molecule has 0 radical (unpaired) electrons. The van der Waals surface area contributed by atoms with Gasteiger partial charge in [-0.3, -0.25) is 13.9 Å². The maximum atomic E-state index is 14.5. The number of nitrogens with zero attached hydrogens (tertiary/aromatic N) is 2. The van der Waals surface area contributed by atoms with Gasteiger partial charge >= 0.3 is 0 Å². The van der Waals surface area contributed by atoms with Crippen molar-refractivity contribution >= 4 is 50.7 Å². The average Bonchev–Trinajstić information content (AvgIpc) is 3.07. The summed E-state index contributed by atoms with van der Waals surface area (Å²) in [6.45, 7) is 3.41. The number of benzene rings is 3. The Morgan fingerprint density at radius 1 is 0.851 bits per heavy atom. The summed E-state index contributed by atoms with van der Waals surface area (Å²) in [5.41, 5.74) is 0.567. The van der Waals surface area contributed by atoms with Crippen LogP contribution in [-0.4, -0.2) is 72.7 Å². The monoisotopic (exact) mass is 709 g/mol. The molecule has 14 heteroatoms. The molecule has 0 unspecified atom stereocenters. The van der Waals surface area contributed by atoms with E-state index in [1.165, 1.54) is 69.7 Å². The lowest BCUT2D eigenvalue weighted by atomic mass is 10.1. The number of anilines is 1. The molecule has 0 bridgehead atoms. The Kier molecular flexibility index (Phi) is 13.9. The third-order valence-corrected chi connectivity index (χ3v) is 9.79. The fourth-order valence-corrected chi connectivity index (χ4v) is 6.77. The van der Waals surface area contributed by atoms with E-state index in [1.807, 2.05) is 6.92 Å². The van der Waals surface area contributed by atoms with E-state index in [9.17, 15) is 18.0 Å². The summed E-state index contributed by atoms with van der Waals surface area (Å²) < 4.78 is 51.5. The topological polar surface area (TPSA) is 124 Å². The molecule has 3 aromatic carbocycles. The maximum absolute atomic E-state index is 14.5. The number of halogens is 2. The van der Waals surface area contributed by atoms with Crippen LogP contribution in [0.2, 0.25) is 10.0 Å². The fraction of sp³-hybridized carbons (Fsp3) is 0.394. The predicted molar refractivity (Wildman–Crippen MR) is 183 cm³/mol. The summed E-state index contributed by atoms with van der Waals surface area (Å²) in [7, 11) is 1.16. The number of carbonyl (C=O) groups excluding carboxylic acids is 2. The van der Waals surface area contributed by atoms with Crippen molar-refractivity contribution < 1.29 is 37.0 Å². The van der Waals surface area contributed by atoms with E-state index in [2.05, 4.69) is 5.32 Å². The normalized spacial score (nSPS) is 11.7. The van der Waals surface area contributed by atoms with Gasteiger partial charge in [0.25, 0.3) is 10.0 Å². The van der Waals surface area contributed by atoms with E-state index in [0.717, 1.165) is 17.1 Å². The predicted octanol–water partition coefficient (Wildman–Crippen LogP) is 5.95. The Morgan fingerprint density at radius 3 is 2.13 bits per heavy atom. The zero-order valence-corrected chi connectivity index (χ0v) is 29.7. The van der Waals surface area contributed by atoms with Crippen LogP contribution in [0.1, 0.15) is 38.7 Å². The third-order valence-electron chi connectivity index (χ3n) is 7.45. The van der Waals surface area contributed by atoms with Crippen LogP contribution < -0.4 is 28.6 Å². The van der Waals surface area contributed by atoms with E-state index in [0.29, 0.717) is 33.7 Å². The van der Waals surface area contributed by atoms with Crippen LogP contribution in [0, 0.1) is 0 Å². The lowest BCUT2D eigenvalue weighted by Crippen LogP contribution is -2.52. The van der Waals surface area contributed by atoms with E-state index >= 15 is 0 Å². The highest BCUT2D eigenvalue weighted by molar-refractivity contribution is 7.92. The number of hydrogen-bond donors (Lipinski definition) is 1. The number of unbranched alkanes of at least 4 members (excludes halogenated alkanes) is 1. The highest BCUT2D eigenvalue weighted by Crippen LogP contribution is 2.38. The van der Waals surface area contributed by atoms with Gasteiger partial charge in [-0.05, 0) is 54.8 Å². The average molecular weight is 711 g/mol.